The summed E-state index contributed by atoms with van der Waals surface area (Å²) in [5.41, 5.74) is 0. The van der Waals surface area contributed by atoms with Gasteiger partial charge in [-0.3, -0.25) is 0 Å². The van der Waals surface area contributed by atoms with Crippen LogP contribution in [0.25, 0.3) is 0 Å². The number of sulfone groups is 1. The molecule has 0 heterocycles. The molecule has 0 aliphatic heterocycles. The normalized spacial score (nSPS) is 11.2. The molecule has 0 saturated carbocycles. The molecule has 0 atom stereocenters. The van der Waals surface area contributed by atoms with Crippen LogP contribution < -0.4 is 0 Å². The molecule has 74 valence electrons. The Hall–Kier alpha value is -1.61. The topological polar surface area (TPSA) is 34.1 Å². The van der Waals surface area contributed by atoms with Gasteiger partial charge in [-0.2, -0.15) is 0 Å². The van der Waals surface area contributed by atoms with E-state index in [4.69, 9.17) is 0 Å². The molecule has 2 aromatic rings. The fourth-order valence-electron chi connectivity index (χ4n) is 1.21. The lowest BCUT2D eigenvalue weighted by atomic mass is 10.4. The van der Waals surface area contributed by atoms with Gasteiger partial charge in [-0.15, -0.1) is 0 Å². The van der Waals surface area contributed by atoms with Gasteiger partial charge in [-0.05, 0) is 12.1 Å². The van der Waals surface area contributed by atoms with Crippen LogP contribution in [0.2, 0.25) is 0 Å². The van der Waals surface area contributed by atoms with E-state index in [2.05, 4.69) is 12.1 Å². The van der Waals surface area contributed by atoms with Gasteiger partial charge in [0.1, 0.15) is 0 Å². The highest BCUT2D eigenvalue weighted by Crippen LogP contribution is 2.18. The second-order valence-electron chi connectivity index (χ2n) is 2.96. The van der Waals surface area contributed by atoms with Gasteiger partial charge in [0.05, 0.1) is 9.79 Å². The molecule has 0 unspecified atom stereocenters. The molecular formula is C12H8O2S. The quantitative estimate of drug-likeness (QED) is 0.770. The zero-order valence-electron chi connectivity index (χ0n) is 7.84. The maximum atomic E-state index is 12.0. The lowest BCUT2D eigenvalue weighted by molar-refractivity contribution is 0.596. The van der Waals surface area contributed by atoms with Crippen molar-refractivity contribution >= 4 is 9.84 Å². The first kappa shape index (κ1) is 9.93. The lowest BCUT2D eigenvalue weighted by Crippen LogP contribution is -2.01. The second kappa shape index (κ2) is 3.87. The van der Waals surface area contributed by atoms with Gasteiger partial charge in [0, 0.05) is 12.1 Å². The van der Waals surface area contributed by atoms with E-state index < -0.39 is 9.84 Å². The number of hydrogen-bond donors (Lipinski definition) is 0. The molecule has 2 rings (SSSR count). The van der Waals surface area contributed by atoms with Crippen molar-refractivity contribution in [3.05, 3.63) is 60.7 Å². The Kier molecular flexibility index (Phi) is 2.56. The van der Waals surface area contributed by atoms with Crippen LogP contribution in [0, 0.1) is 12.1 Å². The summed E-state index contributed by atoms with van der Waals surface area (Å²) in [4.78, 5) is 0.347. The van der Waals surface area contributed by atoms with E-state index in [0.29, 0.717) is 0 Å². The molecule has 0 N–H and O–H groups in total. The van der Waals surface area contributed by atoms with Gasteiger partial charge >= 0.3 is 0 Å². The summed E-state index contributed by atoms with van der Waals surface area (Å²) >= 11 is 0. The zero-order valence-corrected chi connectivity index (χ0v) is 8.66. The first-order valence-electron chi connectivity index (χ1n) is 4.40. The molecule has 3 heteroatoms. The number of benzene rings is 2. The molecule has 0 amide bonds. The van der Waals surface area contributed by atoms with E-state index >= 15 is 0 Å². The maximum Gasteiger partial charge on any atom is 0.207 e. The Morgan fingerprint density at radius 2 is 1.27 bits per heavy atom. The van der Waals surface area contributed by atoms with E-state index in [1.807, 2.05) is 0 Å². The molecule has 2 nitrogen and oxygen atoms in total. The van der Waals surface area contributed by atoms with Crippen molar-refractivity contribution in [2.75, 3.05) is 0 Å². The van der Waals surface area contributed by atoms with E-state index in [-0.39, 0.29) is 9.79 Å². The van der Waals surface area contributed by atoms with Gasteiger partial charge in [0.25, 0.3) is 0 Å². The monoisotopic (exact) mass is 216 g/mol. The minimum Gasteiger partial charge on any atom is -0.218 e. The average molecular weight is 216 g/mol. The first-order valence-corrected chi connectivity index (χ1v) is 5.88. The zero-order chi connectivity index (χ0) is 10.7. The van der Waals surface area contributed by atoms with Gasteiger partial charge in [0.15, 0.2) is 0 Å². The van der Waals surface area contributed by atoms with Crippen molar-refractivity contribution in [1.29, 1.82) is 0 Å². The largest absolute Gasteiger partial charge is 0.218 e. The lowest BCUT2D eigenvalue weighted by Gasteiger charge is -2.02. The van der Waals surface area contributed by atoms with Crippen molar-refractivity contribution in [1.82, 2.24) is 0 Å². The molecule has 0 bridgehead atoms. The molecule has 0 fully saturated rings. The molecule has 0 saturated heterocycles. The van der Waals surface area contributed by atoms with Crippen LogP contribution >= 0.6 is 0 Å². The van der Waals surface area contributed by atoms with Crippen molar-refractivity contribution in [3.8, 4) is 0 Å². The Morgan fingerprint density at radius 3 is 1.60 bits per heavy atom. The third kappa shape index (κ3) is 1.92. The van der Waals surface area contributed by atoms with Gasteiger partial charge in [0.2, 0.25) is 9.84 Å². The maximum absolute atomic E-state index is 12.0. The minimum atomic E-state index is -3.45. The summed E-state index contributed by atoms with van der Waals surface area (Å²) in [5.74, 6) is 0. The summed E-state index contributed by atoms with van der Waals surface area (Å²) in [5, 5.41) is 0. The third-order valence-electron chi connectivity index (χ3n) is 1.94. The van der Waals surface area contributed by atoms with Crippen molar-refractivity contribution in [2.45, 2.75) is 9.79 Å². The van der Waals surface area contributed by atoms with Gasteiger partial charge < -0.3 is 0 Å². The van der Waals surface area contributed by atoms with Crippen LogP contribution in [0.5, 0.6) is 0 Å². The summed E-state index contributed by atoms with van der Waals surface area (Å²) < 4.78 is 23.9. The van der Waals surface area contributed by atoms with Crippen LogP contribution in [0.4, 0.5) is 0 Å². The van der Waals surface area contributed by atoms with Crippen LogP contribution in [0.15, 0.2) is 58.3 Å². The highest BCUT2D eigenvalue weighted by Gasteiger charge is 2.16. The van der Waals surface area contributed by atoms with Crippen LogP contribution in [-0.2, 0) is 9.84 Å². The van der Waals surface area contributed by atoms with E-state index in [1.54, 1.807) is 36.4 Å². The van der Waals surface area contributed by atoms with E-state index in [1.165, 1.54) is 12.1 Å². The fourth-order valence-corrected chi connectivity index (χ4v) is 2.41. The average Bonchev–Trinajstić information content (AvgIpc) is 2.31. The molecule has 0 aliphatic carbocycles. The summed E-state index contributed by atoms with van der Waals surface area (Å²) in [6, 6.07) is 18.4. The van der Waals surface area contributed by atoms with Crippen LogP contribution in [-0.4, -0.2) is 8.42 Å². The Morgan fingerprint density at radius 1 is 0.800 bits per heavy atom. The molecule has 0 spiro atoms. The number of hydrogen-bond acceptors (Lipinski definition) is 2. The van der Waals surface area contributed by atoms with Crippen molar-refractivity contribution in [3.63, 3.8) is 0 Å². The summed E-state index contributed by atoms with van der Waals surface area (Å²) in [7, 11) is -3.45. The SMILES string of the molecule is O=S(=O)(c1[c]cccc1)c1[c]cccc1. The fraction of sp³-hybridized carbons (Fsp3) is 0. The highest BCUT2D eigenvalue weighted by atomic mass is 32.2. The molecule has 0 aliphatic rings. The van der Waals surface area contributed by atoms with Gasteiger partial charge in [-0.25, -0.2) is 8.42 Å². The summed E-state index contributed by atoms with van der Waals surface area (Å²) in [6.45, 7) is 0. The molecular weight excluding hydrogens is 208 g/mol. The van der Waals surface area contributed by atoms with Crippen molar-refractivity contribution < 1.29 is 8.42 Å². The molecule has 2 aromatic carbocycles. The minimum absolute atomic E-state index is 0.174. The predicted molar refractivity (Wildman–Crippen MR) is 56.0 cm³/mol. The first-order chi connectivity index (χ1) is 7.21. The van der Waals surface area contributed by atoms with E-state index in [0.717, 1.165) is 0 Å². The molecule has 2 radical (unpaired) electrons. The summed E-state index contributed by atoms with van der Waals surface area (Å²) in [6.07, 6.45) is 0. The van der Waals surface area contributed by atoms with Gasteiger partial charge in [-0.1, -0.05) is 36.4 Å². The Balaban J connectivity index is 2.55. The van der Waals surface area contributed by atoms with Crippen LogP contribution in [0.3, 0.4) is 0 Å². The molecule has 15 heavy (non-hydrogen) atoms. The van der Waals surface area contributed by atoms with E-state index in [9.17, 15) is 8.42 Å². The predicted octanol–water partition coefficient (Wildman–Crippen LogP) is 2.12. The Bertz CT molecular complexity index is 485. The second-order valence-corrected chi connectivity index (χ2v) is 4.84. The van der Waals surface area contributed by atoms with Crippen molar-refractivity contribution in [2.24, 2.45) is 0 Å². The standard InChI is InChI=1S/C12H8O2S/c13-15(14,11-7-3-1-4-8-11)12-9-5-2-6-10-12/h1-7,9H. The van der Waals surface area contributed by atoms with Crippen LogP contribution in [0.1, 0.15) is 0 Å². The third-order valence-corrected chi connectivity index (χ3v) is 3.61. The molecule has 0 aromatic heterocycles. The smallest absolute Gasteiger partial charge is 0.207 e. The number of rotatable bonds is 2. The highest BCUT2D eigenvalue weighted by molar-refractivity contribution is 7.91. The Labute approximate surface area is 89.1 Å².